The van der Waals surface area contributed by atoms with Gasteiger partial charge in [-0.05, 0) is 82.9 Å². The van der Waals surface area contributed by atoms with Gasteiger partial charge in [0, 0.05) is 12.6 Å². The van der Waals surface area contributed by atoms with E-state index in [0.29, 0.717) is 5.69 Å². The minimum absolute atomic E-state index is 0.0563. The number of anilines is 1. The van der Waals surface area contributed by atoms with Gasteiger partial charge in [0.05, 0.1) is 10.6 Å². The van der Waals surface area contributed by atoms with Gasteiger partial charge in [0.15, 0.2) is 0 Å². The van der Waals surface area contributed by atoms with Crippen LogP contribution in [0.3, 0.4) is 0 Å². The van der Waals surface area contributed by atoms with Crippen LogP contribution >= 0.6 is 0 Å². The minimum atomic E-state index is -4.10. The molecule has 2 atom stereocenters. The van der Waals surface area contributed by atoms with Crippen LogP contribution in [0.4, 0.5) is 5.69 Å². The topological polar surface area (TPSA) is 86.8 Å². The van der Waals surface area contributed by atoms with E-state index in [0.717, 1.165) is 34.2 Å². The molecule has 1 N–H and O–H groups in total. The van der Waals surface area contributed by atoms with Crippen LogP contribution in [0.1, 0.15) is 55.0 Å². The van der Waals surface area contributed by atoms with Gasteiger partial charge in [0.1, 0.15) is 12.6 Å². The van der Waals surface area contributed by atoms with Crippen LogP contribution < -0.4 is 9.62 Å². The summed E-state index contributed by atoms with van der Waals surface area (Å²) in [6.07, 6.45) is 0.749. The molecule has 0 saturated carbocycles. The first-order chi connectivity index (χ1) is 18.8. The standard InChI is InChI=1S/C32H41N3O4S/c1-8-26(6)33-32(37)27(7)34(20-28-11-9-10-23(3)18-28)31(36)21-35(30-19-24(4)12-15-25(30)5)40(38,39)29-16-13-22(2)14-17-29/h9-19,26-27H,8,20-21H2,1-7H3,(H,33,37)/t26-,27-/m0/s1. The highest BCUT2D eigenvalue weighted by Crippen LogP contribution is 2.28. The minimum Gasteiger partial charge on any atom is -0.352 e. The van der Waals surface area contributed by atoms with Crippen LogP contribution in [-0.2, 0) is 26.2 Å². The molecule has 0 aliphatic rings. The summed E-state index contributed by atoms with van der Waals surface area (Å²) in [4.78, 5) is 28.8. The molecule has 8 heteroatoms. The van der Waals surface area contributed by atoms with Crippen LogP contribution in [0.25, 0.3) is 0 Å². The summed E-state index contributed by atoms with van der Waals surface area (Å²) in [5, 5.41) is 2.96. The highest BCUT2D eigenvalue weighted by Gasteiger charge is 2.33. The Morgan fingerprint density at radius 3 is 2.10 bits per heavy atom. The van der Waals surface area contributed by atoms with Gasteiger partial charge in [-0.15, -0.1) is 0 Å². The molecular weight excluding hydrogens is 522 g/mol. The van der Waals surface area contributed by atoms with E-state index in [1.54, 1.807) is 37.3 Å². The zero-order valence-electron chi connectivity index (χ0n) is 24.6. The SMILES string of the molecule is CC[C@H](C)NC(=O)[C@H](C)N(Cc1cccc(C)c1)C(=O)CN(c1cc(C)ccc1C)S(=O)(=O)c1ccc(C)cc1. The molecule has 0 aromatic heterocycles. The molecule has 0 fully saturated rings. The summed E-state index contributed by atoms with van der Waals surface area (Å²) < 4.78 is 29.2. The second-order valence-corrected chi connectivity index (χ2v) is 12.5. The molecule has 3 aromatic carbocycles. The zero-order chi connectivity index (χ0) is 29.6. The van der Waals surface area contributed by atoms with E-state index >= 15 is 0 Å². The van der Waals surface area contributed by atoms with Crippen LogP contribution in [0, 0.1) is 27.7 Å². The lowest BCUT2D eigenvalue weighted by atomic mass is 10.1. The van der Waals surface area contributed by atoms with E-state index in [9.17, 15) is 18.0 Å². The van der Waals surface area contributed by atoms with E-state index in [4.69, 9.17) is 0 Å². The number of aryl methyl sites for hydroxylation is 4. The number of benzene rings is 3. The van der Waals surface area contributed by atoms with Crippen molar-refractivity contribution in [3.05, 3.63) is 94.5 Å². The van der Waals surface area contributed by atoms with E-state index < -0.39 is 28.5 Å². The largest absolute Gasteiger partial charge is 0.352 e. The number of carbonyl (C=O) groups is 2. The molecule has 0 heterocycles. The molecule has 0 radical (unpaired) electrons. The molecule has 0 bridgehead atoms. The van der Waals surface area contributed by atoms with Gasteiger partial charge in [-0.3, -0.25) is 13.9 Å². The Kier molecular flexibility index (Phi) is 10.1. The number of amides is 2. The van der Waals surface area contributed by atoms with Gasteiger partial charge < -0.3 is 10.2 Å². The number of nitrogens with zero attached hydrogens (tertiary/aromatic N) is 2. The Morgan fingerprint density at radius 1 is 0.850 bits per heavy atom. The molecule has 2 amide bonds. The van der Waals surface area contributed by atoms with Gasteiger partial charge in [0.25, 0.3) is 10.0 Å². The van der Waals surface area contributed by atoms with Crippen molar-refractivity contribution in [3.8, 4) is 0 Å². The smallest absolute Gasteiger partial charge is 0.264 e. The van der Waals surface area contributed by atoms with Crippen molar-refractivity contribution in [3.63, 3.8) is 0 Å². The fourth-order valence-electron chi connectivity index (χ4n) is 4.39. The van der Waals surface area contributed by atoms with Crippen molar-refractivity contribution in [2.45, 2.75) is 78.4 Å². The average Bonchev–Trinajstić information content (AvgIpc) is 2.91. The molecule has 0 saturated heterocycles. The van der Waals surface area contributed by atoms with Crippen molar-refractivity contribution >= 4 is 27.5 Å². The maximum Gasteiger partial charge on any atom is 0.264 e. The lowest BCUT2D eigenvalue weighted by molar-refractivity contribution is -0.139. The van der Waals surface area contributed by atoms with Gasteiger partial charge >= 0.3 is 0 Å². The number of hydrogen-bond donors (Lipinski definition) is 1. The molecule has 214 valence electrons. The van der Waals surface area contributed by atoms with Crippen molar-refractivity contribution < 1.29 is 18.0 Å². The van der Waals surface area contributed by atoms with Gasteiger partial charge in [-0.1, -0.05) is 66.6 Å². The molecule has 0 aliphatic heterocycles. The molecule has 40 heavy (non-hydrogen) atoms. The highest BCUT2D eigenvalue weighted by atomic mass is 32.2. The summed E-state index contributed by atoms with van der Waals surface area (Å²) >= 11 is 0. The Labute approximate surface area is 239 Å². The van der Waals surface area contributed by atoms with Crippen LogP contribution in [0.15, 0.2) is 71.6 Å². The first kappa shape index (κ1) is 30.9. The van der Waals surface area contributed by atoms with E-state index in [1.807, 2.05) is 77.9 Å². The highest BCUT2D eigenvalue weighted by molar-refractivity contribution is 7.92. The van der Waals surface area contributed by atoms with Crippen LogP contribution in [0.2, 0.25) is 0 Å². The van der Waals surface area contributed by atoms with Gasteiger partial charge in [-0.2, -0.15) is 0 Å². The van der Waals surface area contributed by atoms with Crippen molar-refractivity contribution in [1.82, 2.24) is 10.2 Å². The summed E-state index contributed by atoms with van der Waals surface area (Å²) in [6, 6.07) is 19.0. The second-order valence-electron chi connectivity index (χ2n) is 10.6. The van der Waals surface area contributed by atoms with E-state index in [2.05, 4.69) is 5.32 Å². The predicted octanol–water partition coefficient (Wildman–Crippen LogP) is 5.45. The number of hydrogen-bond acceptors (Lipinski definition) is 4. The number of carbonyl (C=O) groups excluding carboxylic acids is 2. The lowest BCUT2D eigenvalue weighted by Gasteiger charge is -2.33. The second kappa shape index (κ2) is 13.1. The Morgan fingerprint density at radius 2 is 1.48 bits per heavy atom. The van der Waals surface area contributed by atoms with Gasteiger partial charge in [0.2, 0.25) is 11.8 Å². The number of rotatable bonds is 11. The van der Waals surface area contributed by atoms with Crippen LogP contribution in [0.5, 0.6) is 0 Å². The first-order valence-electron chi connectivity index (χ1n) is 13.7. The third-order valence-electron chi connectivity index (χ3n) is 7.12. The Bertz CT molecular complexity index is 1450. The normalized spacial score (nSPS) is 12.9. The average molecular weight is 564 g/mol. The first-order valence-corrected chi connectivity index (χ1v) is 15.1. The molecule has 3 rings (SSSR count). The maximum absolute atomic E-state index is 14.1. The summed E-state index contributed by atoms with van der Waals surface area (Å²) in [5.74, 6) is -0.750. The zero-order valence-corrected chi connectivity index (χ0v) is 25.4. The van der Waals surface area contributed by atoms with Gasteiger partial charge in [-0.25, -0.2) is 8.42 Å². The monoisotopic (exact) mass is 563 g/mol. The van der Waals surface area contributed by atoms with Crippen molar-refractivity contribution in [2.75, 3.05) is 10.8 Å². The maximum atomic E-state index is 14.1. The lowest BCUT2D eigenvalue weighted by Crippen LogP contribution is -2.52. The predicted molar refractivity (Wildman–Crippen MR) is 161 cm³/mol. The Hall–Kier alpha value is -3.65. The molecule has 7 nitrogen and oxygen atoms in total. The molecule has 0 aliphatic carbocycles. The van der Waals surface area contributed by atoms with Crippen molar-refractivity contribution in [1.29, 1.82) is 0 Å². The molecule has 0 unspecified atom stereocenters. The summed E-state index contributed by atoms with van der Waals surface area (Å²) in [5.41, 5.74) is 4.84. The third-order valence-corrected chi connectivity index (χ3v) is 8.90. The summed E-state index contributed by atoms with van der Waals surface area (Å²) in [7, 11) is -4.10. The van der Waals surface area contributed by atoms with Crippen molar-refractivity contribution in [2.24, 2.45) is 0 Å². The molecule has 3 aromatic rings. The third kappa shape index (κ3) is 7.50. The number of sulfonamides is 1. The summed E-state index contributed by atoms with van der Waals surface area (Å²) in [6.45, 7) is 12.8. The fourth-order valence-corrected chi connectivity index (χ4v) is 5.86. The molecular formula is C32H41N3O4S. The molecule has 0 spiro atoms. The van der Waals surface area contributed by atoms with E-state index in [1.165, 1.54) is 9.21 Å². The van der Waals surface area contributed by atoms with Crippen LogP contribution in [-0.4, -0.2) is 43.8 Å². The Balaban J connectivity index is 2.07. The fraction of sp³-hybridized carbons (Fsp3) is 0.375. The number of nitrogens with one attached hydrogen (secondary N) is 1. The van der Waals surface area contributed by atoms with E-state index in [-0.39, 0.29) is 23.4 Å². The quantitative estimate of drug-likeness (QED) is 0.336.